The molecule has 1 aromatic heterocycles. The Morgan fingerprint density at radius 3 is 2.85 bits per heavy atom. The Balaban J connectivity index is 1.95. The second-order valence-corrected chi connectivity index (χ2v) is 4.36. The van der Waals surface area contributed by atoms with Gasteiger partial charge in [0.15, 0.2) is 0 Å². The van der Waals surface area contributed by atoms with E-state index in [1.54, 1.807) is 24.4 Å². The summed E-state index contributed by atoms with van der Waals surface area (Å²) in [5.41, 5.74) is 1.32. The van der Waals surface area contributed by atoms with E-state index in [2.05, 4.69) is 10.3 Å². The Hall–Kier alpha value is -2.82. The average molecular weight is 270 g/mol. The van der Waals surface area contributed by atoms with E-state index in [4.69, 9.17) is 5.11 Å². The van der Waals surface area contributed by atoms with Crippen LogP contribution < -0.4 is 5.32 Å². The normalized spacial score (nSPS) is 10.7. The minimum absolute atomic E-state index is 0.0281. The fourth-order valence-electron chi connectivity index (χ4n) is 2.08. The molecular weight excluding hydrogens is 259 g/mol. The number of phenolic OH excluding ortho intramolecular Hbond substituents is 1. The highest BCUT2D eigenvalue weighted by molar-refractivity contribution is 6.12. The Morgan fingerprint density at radius 1 is 1.20 bits per heavy atom. The number of aromatic amines is 1. The van der Waals surface area contributed by atoms with Crippen molar-refractivity contribution < 1.29 is 14.3 Å². The smallest absolute Gasteiger partial charge is 0.256 e. The SMILES string of the molecule is O=C(Nc1ccc(O)cc1F)c1cccc2[nH]ccc12. The van der Waals surface area contributed by atoms with Crippen LogP contribution in [0.25, 0.3) is 10.9 Å². The Kier molecular flexibility index (Phi) is 2.87. The van der Waals surface area contributed by atoms with Gasteiger partial charge in [-0.3, -0.25) is 4.79 Å². The number of phenols is 1. The number of H-pyrrole nitrogens is 1. The molecule has 0 saturated heterocycles. The van der Waals surface area contributed by atoms with Crippen LogP contribution in [0.5, 0.6) is 5.75 Å². The van der Waals surface area contributed by atoms with Crippen LogP contribution in [0.2, 0.25) is 0 Å². The zero-order valence-electron chi connectivity index (χ0n) is 10.4. The predicted octanol–water partition coefficient (Wildman–Crippen LogP) is 3.26. The zero-order chi connectivity index (χ0) is 14.1. The number of hydrogen-bond donors (Lipinski definition) is 3. The van der Waals surface area contributed by atoms with Crippen molar-refractivity contribution in [2.75, 3.05) is 5.32 Å². The van der Waals surface area contributed by atoms with Gasteiger partial charge in [0, 0.05) is 28.7 Å². The Labute approximate surface area is 113 Å². The maximum Gasteiger partial charge on any atom is 0.256 e. The lowest BCUT2D eigenvalue weighted by Gasteiger charge is -2.07. The predicted molar refractivity (Wildman–Crippen MR) is 74.3 cm³/mol. The molecule has 0 spiro atoms. The largest absolute Gasteiger partial charge is 0.508 e. The summed E-state index contributed by atoms with van der Waals surface area (Å²) < 4.78 is 13.6. The molecular formula is C15H11FN2O2. The summed E-state index contributed by atoms with van der Waals surface area (Å²) in [6.07, 6.45) is 1.74. The van der Waals surface area contributed by atoms with Crippen LogP contribution in [0.1, 0.15) is 10.4 Å². The maximum atomic E-state index is 13.6. The third kappa shape index (κ3) is 2.09. The first-order valence-electron chi connectivity index (χ1n) is 6.01. The van der Waals surface area contributed by atoms with Crippen molar-refractivity contribution in [1.29, 1.82) is 0 Å². The molecule has 0 aliphatic rings. The summed E-state index contributed by atoms with van der Waals surface area (Å²) in [6, 6.07) is 10.7. The van der Waals surface area contributed by atoms with Gasteiger partial charge in [-0.05, 0) is 30.3 Å². The molecule has 20 heavy (non-hydrogen) atoms. The number of aromatic hydroxyl groups is 1. The van der Waals surface area contributed by atoms with Crippen LogP contribution in [-0.2, 0) is 0 Å². The Morgan fingerprint density at radius 2 is 2.05 bits per heavy atom. The van der Waals surface area contributed by atoms with Crippen molar-refractivity contribution in [1.82, 2.24) is 4.98 Å². The van der Waals surface area contributed by atoms with E-state index in [1.807, 2.05) is 6.07 Å². The number of benzene rings is 2. The second kappa shape index (κ2) is 4.70. The number of aromatic nitrogens is 1. The molecule has 5 heteroatoms. The quantitative estimate of drug-likeness (QED) is 0.626. The third-order valence-corrected chi connectivity index (χ3v) is 3.04. The molecule has 2 aromatic carbocycles. The minimum atomic E-state index is -0.681. The summed E-state index contributed by atoms with van der Waals surface area (Å²) in [5.74, 6) is -1.27. The average Bonchev–Trinajstić information content (AvgIpc) is 2.90. The zero-order valence-corrected chi connectivity index (χ0v) is 10.4. The summed E-state index contributed by atoms with van der Waals surface area (Å²) in [7, 11) is 0. The van der Waals surface area contributed by atoms with Crippen molar-refractivity contribution in [3.63, 3.8) is 0 Å². The van der Waals surface area contributed by atoms with Crippen LogP contribution in [0.3, 0.4) is 0 Å². The van der Waals surface area contributed by atoms with E-state index in [-0.39, 0.29) is 11.4 Å². The van der Waals surface area contributed by atoms with Crippen molar-refractivity contribution in [3.8, 4) is 5.75 Å². The number of hydrogen-bond acceptors (Lipinski definition) is 2. The fourth-order valence-corrected chi connectivity index (χ4v) is 2.08. The lowest BCUT2D eigenvalue weighted by atomic mass is 10.1. The molecule has 1 heterocycles. The number of nitrogens with one attached hydrogen (secondary N) is 2. The van der Waals surface area contributed by atoms with Crippen LogP contribution in [0, 0.1) is 5.82 Å². The van der Waals surface area contributed by atoms with Crippen LogP contribution in [-0.4, -0.2) is 16.0 Å². The molecule has 0 atom stereocenters. The molecule has 4 nitrogen and oxygen atoms in total. The van der Waals surface area contributed by atoms with E-state index in [0.717, 1.165) is 17.0 Å². The van der Waals surface area contributed by atoms with Crippen molar-refractivity contribution in [2.45, 2.75) is 0 Å². The van der Waals surface area contributed by atoms with Crippen LogP contribution >= 0.6 is 0 Å². The van der Waals surface area contributed by atoms with Gasteiger partial charge in [0.05, 0.1) is 5.69 Å². The molecule has 3 N–H and O–H groups in total. The number of halogens is 1. The number of anilines is 1. The first-order valence-corrected chi connectivity index (χ1v) is 6.01. The first-order chi connectivity index (χ1) is 9.65. The van der Waals surface area contributed by atoms with E-state index < -0.39 is 11.7 Å². The van der Waals surface area contributed by atoms with Gasteiger partial charge in [-0.25, -0.2) is 4.39 Å². The molecule has 0 fully saturated rings. The number of carbonyl (C=O) groups is 1. The number of rotatable bonds is 2. The maximum absolute atomic E-state index is 13.6. The molecule has 0 aliphatic carbocycles. The summed E-state index contributed by atoms with van der Waals surface area (Å²) in [4.78, 5) is 15.2. The van der Waals surface area contributed by atoms with Crippen LogP contribution in [0.15, 0.2) is 48.7 Å². The third-order valence-electron chi connectivity index (χ3n) is 3.04. The molecule has 3 rings (SSSR count). The van der Waals surface area contributed by atoms with Gasteiger partial charge in [-0.15, -0.1) is 0 Å². The van der Waals surface area contributed by atoms with Gasteiger partial charge >= 0.3 is 0 Å². The standard InChI is InChI=1S/C15H11FN2O2/c16-12-8-9(19)4-5-14(12)18-15(20)11-2-1-3-13-10(11)6-7-17-13/h1-8,17,19H,(H,18,20). The molecule has 3 aromatic rings. The van der Waals surface area contributed by atoms with E-state index in [1.165, 1.54) is 12.1 Å². The van der Waals surface area contributed by atoms with Gasteiger partial charge in [0.2, 0.25) is 0 Å². The number of fused-ring (bicyclic) bond motifs is 1. The summed E-state index contributed by atoms with van der Waals surface area (Å²) >= 11 is 0. The lowest BCUT2D eigenvalue weighted by Crippen LogP contribution is -2.13. The van der Waals surface area contributed by atoms with E-state index in [0.29, 0.717) is 5.56 Å². The van der Waals surface area contributed by atoms with Crippen molar-refractivity contribution in [2.24, 2.45) is 0 Å². The molecule has 1 amide bonds. The number of carbonyl (C=O) groups excluding carboxylic acids is 1. The highest BCUT2D eigenvalue weighted by Crippen LogP contribution is 2.22. The number of amides is 1. The van der Waals surface area contributed by atoms with Gasteiger partial charge in [0.1, 0.15) is 11.6 Å². The highest BCUT2D eigenvalue weighted by Gasteiger charge is 2.12. The molecule has 0 aliphatic heterocycles. The molecule has 100 valence electrons. The first kappa shape index (κ1) is 12.2. The molecule has 0 bridgehead atoms. The lowest BCUT2D eigenvalue weighted by molar-refractivity contribution is 0.102. The van der Waals surface area contributed by atoms with Gasteiger partial charge in [-0.2, -0.15) is 0 Å². The van der Waals surface area contributed by atoms with Crippen molar-refractivity contribution >= 4 is 22.5 Å². The topological polar surface area (TPSA) is 65.1 Å². The minimum Gasteiger partial charge on any atom is -0.508 e. The monoisotopic (exact) mass is 270 g/mol. The fraction of sp³-hybridized carbons (Fsp3) is 0. The summed E-state index contributed by atoms with van der Waals surface area (Å²) in [5, 5.41) is 12.4. The van der Waals surface area contributed by atoms with Crippen LogP contribution in [0.4, 0.5) is 10.1 Å². The molecule has 0 radical (unpaired) electrons. The highest BCUT2D eigenvalue weighted by atomic mass is 19.1. The summed E-state index contributed by atoms with van der Waals surface area (Å²) in [6.45, 7) is 0. The van der Waals surface area contributed by atoms with Gasteiger partial charge in [0.25, 0.3) is 5.91 Å². The second-order valence-electron chi connectivity index (χ2n) is 4.36. The Bertz CT molecular complexity index is 795. The van der Waals surface area contributed by atoms with Gasteiger partial charge < -0.3 is 15.4 Å². The van der Waals surface area contributed by atoms with Crippen molar-refractivity contribution in [3.05, 3.63) is 60.0 Å². The van der Waals surface area contributed by atoms with E-state index in [9.17, 15) is 9.18 Å². The molecule has 0 saturated carbocycles. The van der Waals surface area contributed by atoms with E-state index >= 15 is 0 Å². The molecule has 0 unspecified atom stereocenters. The van der Waals surface area contributed by atoms with Gasteiger partial charge in [-0.1, -0.05) is 6.07 Å².